The van der Waals surface area contributed by atoms with Crippen molar-refractivity contribution < 1.29 is 72.6 Å². The Labute approximate surface area is 497 Å². The lowest BCUT2D eigenvalue weighted by molar-refractivity contribution is -0.166. The first-order valence-corrected chi connectivity index (χ1v) is 29.4. The number of aliphatic hydroxyl groups is 2. The highest BCUT2D eigenvalue weighted by Crippen LogP contribution is 2.42. The number of thiazole rings is 5. The highest BCUT2D eigenvalue weighted by Gasteiger charge is 2.42. The summed E-state index contributed by atoms with van der Waals surface area (Å²) in [5, 5.41) is 55.1. The molecule has 3 aliphatic heterocycles. The van der Waals surface area contributed by atoms with Crippen molar-refractivity contribution in [2.45, 2.75) is 63.5 Å². The fourth-order valence-corrected chi connectivity index (χ4v) is 13.1. The van der Waals surface area contributed by atoms with Gasteiger partial charge < -0.3 is 71.6 Å². The number of pyridine rings is 1. The minimum Gasteiger partial charge on any atom is -0.506 e. The first kappa shape index (κ1) is 57.6. The van der Waals surface area contributed by atoms with Crippen LogP contribution in [0.5, 0.6) is 5.75 Å². The molecule has 0 fully saturated rings. The molecule has 7 aromatic heterocycles. The molecule has 11 rings (SSSR count). The molecule has 28 nitrogen and oxygen atoms in total. The number of rotatable bonds is 6. The number of esters is 2. The smallest absolute Gasteiger partial charge is 0.355 e. The van der Waals surface area contributed by atoms with Gasteiger partial charge in [0.15, 0.2) is 6.10 Å². The molecule has 8 aromatic rings. The second kappa shape index (κ2) is 23.4. The number of H-pyrrole nitrogens is 1. The van der Waals surface area contributed by atoms with E-state index in [2.05, 4.69) is 58.1 Å². The molecular formula is C52H43N13O15S5. The third-order valence-electron chi connectivity index (χ3n) is 13.3. The van der Waals surface area contributed by atoms with E-state index in [0.29, 0.717) is 16.5 Å². The lowest BCUT2D eigenvalue weighted by atomic mass is 10.0. The van der Waals surface area contributed by atoms with Gasteiger partial charge in [-0.05, 0) is 31.5 Å². The molecule has 0 saturated heterocycles. The number of ether oxygens (including phenoxy) is 4. The number of fused-ring (bicyclic) bond motifs is 15. The molecule has 0 radical (unpaired) electrons. The van der Waals surface area contributed by atoms with Crippen LogP contribution in [0, 0.1) is 0 Å². The van der Waals surface area contributed by atoms with Gasteiger partial charge in [-0.2, -0.15) is 0 Å². The Morgan fingerprint density at radius 1 is 0.812 bits per heavy atom. The summed E-state index contributed by atoms with van der Waals surface area (Å²) in [6.07, 6.45) is -5.41. The van der Waals surface area contributed by atoms with Gasteiger partial charge >= 0.3 is 11.9 Å². The van der Waals surface area contributed by atoms with Crippen molar-refractivity contribution in [1.29, 1.82) is 0 Å². The van der Waals surface area contributed by atoms with Gasteiger partial charge in [-0.1, -0.05) is 18.7 Å². The molecule has 33 heteroatoms. The second-order valence-electron chi connectivity index (χ2n) is 18.8. The van der Waals surface area contributed by atoms with Crippen molar-refractivity contribution in [3.8, 4) is 38.4 Å². The number of carbonyl (C=O) groups excluding carboxylic acids is 8. The number of amides is 6. The summed E-state index contributed by atoms with van der Waals surface area (Å²) in [4.78, 5) is 141. The summed E-state index contributed by atoms with van der Waals surface area (Å²) in [6, 6.07) is 1.77. The molecule has 0 aliphatic carbocycles. The molecule has 1 aromatic carbocycles. The van der Waals surface area contributed by atoms with Crippen LogP contribution in [0.2, 0.25) is 0 Å². The molecular weight excluding hydrogens is 1210 g/mol. The number of nitrogens with two attached hydrogens (primary N) is 1. The minimum atomic E-state index is -2.14. The topological polar surface area (TPSA) is 413 Å². The average Bonchev–Trinajstić information content (AvgIpc) is 3.41. The van der Waals surface area contributed by atoms with Crippen LogP contribution < -0.4 is 32.3 Å². The van der Waals surface area contributed by atoms with Crippen molar-refractivity contribution in [3.63, 3.8) is 0 Å². The van der Waals surface area contributed by atoms with E-state index >= 15 is 0 Å². The summed E-state index contributed by atoms with van der Waals surface area (Å²) >= 11 is 4.56. The van der Waals surface area contributed by atoms with E-state index in [-0.39, 0.29) is 99.8 Å². The minimum absolute atomic E-state index is 0.00791. The van der Waals surface area contributed by atoms with E-state index in [0.717, 1.165) is 56.7 Å². The fourth-order valence-electron chi connectivity index (χ4n) is 8.96. The van der Waals surface area contributed by atoms with Crippen molar-refractivity contribution in [2.75, 3.05) is 13.7 Å². The maximum absolute atomic E-state index is 14.6. The zero-order valence-electron chi connectivity index (χ0n) is 44.0. The number of methoxy groups -OCH3 is 1. The van der Waals surface area contributed by atoms with Gasteiger partial charge in [-0.25, -0.2) is 39.5 Å². The molecule has 0 spiro atoms. The number of aromatic nitrogens is 7. The first-order valence-electron chi connectivity index (χ1n) is 25.0. The van der Waals surface area contributed by atoms with Crippen LogP contribution in [-0.4, -0.2) is 136 Å². The van der Waals surface area contributed by atoms with Gasteiger partial charge in [-0.3, -0.25) is 28.8 Å². The molecule has 0 unspecified atom stereocenters. The Balaban J connectivity index is 1.08. The van der Waals surface area contributed by atoms with E-state index in [1.165, 1.54) is 48.5 Å². The number of hydrogen-bond acceptors (Lipinski definition) is 26. The molecule has 85 heavy (non-hydrogen) atoms. The maximum atomic E-state index is 14.6. The van der Waals surface area contributed by atoms with Gasteiger partial charge in [0.05, 0.1) is 25.5 Å². The van der Waals surface area contributed by atoms with Crippen LogP contribution in [0.4, 0.5) is 0 Å². The highest BCUT2D eigenvalue weighted by molar-refractivity contribution is 7.14. The normalized spacial score (nSPS) is 20.3. The number of carbonyl (C=O) groups is 8. The largest absolute Gasteiger partial charge is 0.506 e. The summed E-state index contributed by atoms with van der Waals surface area (Å²) in [6.45, 7) is 4.76. The number of cyclic esters (lactones) is 2. The van der Waals surface area contributed by atoms with Crippen LogP contribution in [0.1, 0.15) is 105 Å². The Morgan fingerprint density at radius 2 is 1.48 bits per heavy atom. The molecule has 6 amide bonds. The average molecular weight is 1250 g/mol. The lowest BCUT2D eigenvalue weighted by Gasteiger charge is -2.30. The van der Waals surface area contributed by atoms with E-state index in [4.69, 9.17) is 34.6 Å². The number of nitrogens with one attached hydrogen (secondary N) is 6. The van der Waals surface area contributed by atoms with Crippen molar-refractivity contribution in [1.82, 2.24) is 61.5 Å². The van der Waals surface area contributed by atoms with Gasteiger partial charge in [0.2, 0.25) is 5.91 Å². The molecule has 436 valence electrons. The van der Waals surface area contributed by atoms with Gasteiger partial charge in [0.25, 0.3) is 29.5 Å². The first-order chi connectivity index (χ1) is 40.7. The summed E-state index contributed by atoms with van der Waals surface area (Å²) in [5.74, 6) is -7.94. The number of nitrogens with zero attached hydrogens (tertiary/aromatic N) is 6. The van der Waals surface area contributed by atoms with Crippen LogP contribution in [0.15, 0.2) is 69.2 Å². The number of primary amides is 1. The van der Waals surface area contributed by atoms with Crippen LogP contribution in [0.3, 0.4) is 0 Å². The fraction of sp³-hybridized carbons (Fsp3) is 0.231. The Morgan fingerprint density at radius 3 is 2.24 bits per heavy atom. The molecule has 12 bridgehead atoms. The van der Waals surface area contributed by atoms with Crippen LogP contribution in [-0.2, 0) is 46.5 Å². The van der Waals surface area contributed by atoms with Crippen molar-refractivity contribution in [2.24, 2.45) is 5.73 Å². The molecule has 6 atom stereocenters. The molecule has 10 heterocycles. The van der Waals surface area contributed by atoms with Crippen LogP contribution >= 0.6 is 56.7 Å². The zero-order valence-corrected chi connectivity index (χ0v) is 48.1. The van der Waals surface area contributed by atoms with E-state index in [1.54, 1.807) is 23.6 Å². The number of aromatic hydroxyl groups is 1. The number of aliphatic hydroxyl groups excluding tert-OH is 2. The Hall–Kier alpha value is -9.22. The van der Waals surface area contributed by atoms with Crippen LogP contribution in [0.25, 0.3) is 49.3 Å². The third-order valence-corrected chi connectivity index (χ3v) is 17.8. The molecule has 3 aliphatic rings. The van der Waals surface area contributed by atoms with E-state index in [1.807, 2.05) is 0 Å². The molecule has 0 saturated carbocycles. The second-order valence-corrected chi connectivity index (χ2v) is 23.2. The van der Waals surface area contributed by atoms with Gasteiger partial charge in [0.1, 0.15) is 125 Å². The standard InChI is InChI=1S/C52H43N13O15S5/c1-17(40(53)69)54-41(70)26-14-84-49(60-26)36-30(67)8-21-34(62-36)25-12-82-47(57-25)24-11-80-51(75)35-22-10-78-39(38(68)52(76)79-9-20-6-5-7-23(55-35)31(20)22)37(50-61-27(15-85-50)42(71)56-24)65-44(73)29-16-83-48(59-29)33(19(3)77-4)64-45(74)32(18(2)66)63-43(72)28-13-81-46(21)58-28/h5-8,12-16,18,24,32,37-39,55,66-68H,1,9-11H2,2-4H3,(H2,53,69)(H,54,70)(H,56,71)(H,63,72)(H,64,74)(H,65,73)/b33-19+/t18-,24-,32+,37-,38+,39+/m0/s1. The zero-order chi connectivity index (χ0) is 60.1. The van der Waals surface area contributed by atoms with Crippen molar-refractivity contribution in [3.05, 3.63) is 124 Å². The highest BCUT2D eigenvalue weighted by atomic mass is 32.1. The summed E-state index contributed by atoms with van der Waals surface area (Å²) < 4.78 is 23.6. The van der Waals surface area contributed by atoms with Gasteiger partial charge in [-0.15, -0.1) is 56.7 Å². The Kier molecular flexibility index (Phi) is 15.9. The lowest BCUT2D eigenvalue weighted by Crippen LogP contribution is -2.52. The molecule has 11 N–H and O–H groups in total. The number of hydrogen-bond donors (Lipinski definition) is 10. The quantitative estimate of drug-likeness (QED) is 0.0648. The van der Waals surface area contributed by atoms with Gasteiger partial charge in [0, 0.05) is 48.9 Å². The number of allylic oxidation sites excluding steroid dienone is 1. The maximum Gasteiger partial charge on any atom is 0.355 e. The SMILES string of the molecule is C=C(NC(=O)c1csc(-c2nc3c(cc2O)-c2nc(cs2)C(=O)N[C@H]([C@H](C)O)C(=O)N/C(=C(\C)OC)c2nc(cs2)C(=O)N[C@@H]2c4nc(cs4)C(=O)N[C@@H](COC(=O)c4[nH]c5cccc6c5c4CO[C@H]2[C@@H](O)C(=O)OC6)c2nc-3cs2)n1)C(N)=O. The van der Waals surface area contributed by atoms with Crippen molar-refractivity contribution >= 4 is 121 Å². The predicted molar refractivity (Wildman–Crippen MR) is 303 cm³/mol. The monoisotopic (exact) mass is 1250 g/mol. The summed E-state index contributed by atoms with van der Waals surface area (Å²) in [7, 11) is 1.31. The van der Waals surface area contributed by atoms with E-state index in [9.17, 15) is 53.7 Å². The number of aromatic amines is 1. The van der Waals surface area contributed by atoms with E-state index < -0.39 is 108 Å². The predicted octanol–water partition coefficient (Wildman–Crippen LogP) is 3.34. The number of benzene rings is 1. The Bertz CT molecular complexity index is 4140. The summed E-state index contributed by atoms with van der Waals surface area (Å²) in [5.41, 5.74) is 4.83. The third kappa shape index (κ3) is 11.4.